The van der Waals surface area contributed by atoms with Crippen LogP contribution in [0.5, 0.6) is 11.5 Å². The lowest BCUT2D eigenvalue weighted by molar-refractivity contribution is 0.102. The summed E-state index contributed by atoms with van der Waals surface area (Å²) in [5.41, 5.74) is 2.74. The molecule has 6 nitrogen and oxygen atoms in total. The summed E-state index contributed by atoms with van der Waals surface area (Å²) >= 11 is 0. The fourth-order valence-corrected chi connectivity index (χ4v) is 2.35. The highest BCUT2D eigenvalue weighted by Crippen LogP contribution is 2.24. The van der Waals surface area contributed by atoms with Crippen molar-refractivity contribution in [1.29, 1.82) is 0 Å². The Morgan fingerprint density at radius 1 is 0.920 bits per heavy atom. The van der Waals surface area contributed by atoms with Crippen molar-refractivity contribution in [3.63, 3.8) is 0 Å². The Bertz CT molecular complexity index is 879. The molecule has 0 spiro atoms. The number of amides is 1. The van der Waals surface area contributed by atoms with Crippen LogP contribution in [-0.4, -0.2) is 30.1 Å². The van der Waals surface area contributed by atoms with Crippen molar-refractivity contribution < 1.29 is 14.3 Å². The number of hydrogen-bond donors (Lipinski definition) is 1. The second-order valence-electron chi connectivity index (χ2n) is 5.22. The molecule has 0 bridgehead atoms. The van der Waals surface area contributed by atoms with E-state index in [4.69, 9.17) is 9.47 Å². The average molecular weight is 335 g/mol. The number of pyridine rings is 2. The van der Waals surface area contributed by atoms with Gasteiger partial charge in [0.05, 0.1) is 26.0 Å². The zero-order chi connectivity index (χ0) is 17.6. The zero-order valence-corrected chi connectivity index (χ0v) is 13.9. The number of nitrogens with zero attached hydrogens (tertiary/aromatic N) is 2. The molecule has 3 aromatic rings. The molecule has 3 rings (SSSR count). The molecule has 0 aliphatic carbocycles. The lowest BCUT2D eigenvalue weighted by Crippen LogP contribution is -2.13. The Balaban J connectivity index is 1.84. The number of carbonyl (C=O) groups excluding carboxylic acids is 1. The number of nitrogens with one attached hydrogen (secondary N) is 1. The van der Waals surface area contributed by atoms with Gasteiger partial charge >= 0.3 is 0 Å². The first kappa shape index (κ1) is 16.4. The molecule has 1 N–H and O–H groups in total. The maximum absolute atomic E-state index is 12.5. The molecule has 0 unspecified atom stereocenters. The van der Waals surface area contributed by atoms with E-state index >= 15 is 0 Å². The van der Waals surface area contributed by atoms with Crippen LogP contribution < -0.4 is 14.8 Å². The van der Waals surface area contributed by atoms with Crippen molar-refractivity contribution in [2.75, 3.05) is 19.5 Å². The Kier molecular flexibility index (Phi) is 4.89. The first-order valence-corrected chi connectivity index (χ1v) is 7.60. The minimum absolute atomic E-state index is 0.283. The van der Waals surface area contributed by atoms with E-state index in [0.717, 1.165) is 16.9 Å². The van der Waals surface area contributed by atoms with Gasteiger partial charge in [-0.15, -0.1) is 0 Å². The van der Waals surface area contributed by atoms with Crippen molar-refractivity contribution in [3.05, 3.63) is 66.7 Å². The van der Waals surface area contributed by atoms with E-state index in [0.29, 0.717) is 17.0 Å². The van der Waals surface area contributed by atoms with Crippen molar-refractivity contribution in [3.8, 4) is 22.6 Å². The van der Waals surface area contributed by atoms with Crippen LogP contribution in [0.3, 0.4) is 0 Å². The molecule has 0 radical (unpaired) electrons. The van der Waals surface area contributed by atoms with Crippen LogP contribution in [0.25, 0.3) is 11.1 Å². The summed E-state index contributed by atoms with van der Waals surface area (Å²) in [5, 5.41) is 2.79. The van der Waals surface area contributed by atoms with Gasteiger partial charge in [-0.05, 0) is 23.8 Å². The summed E-state index contributed by atoms with van der Waals surface area (Å²) in [7, 11) is 3.16. The molecule has 0 aliphatic heterocycles. The van der Waals surface area contributed by atoms with E-state index in [9.17, 15) is 4.79 Å². The lowest BCUT2D eigenvalue weighted by Gasteiger charge is -2.10. The third kappa shape index (κ3) is 3.74. The SMILES string of the molecule is COc1ccc(-c2cncc(C(=O)Nc3cnccc3OC)c2)cc1. The maximum Gasteiger partial charge on any atom is 0.257 e. The number of rotatable bonds is 5. The number of anilines is 1. The van der Waals surface area contributed by atoms with Gasteiger partial charge in [0.15, 0.2) is 0 Å². The smallest absolute Gasteiger partial charge is 0.257 e. The quantitative estimate of drug-likeness (QED) is 0.773. The van der Waals surface area contributed by atoms with Gasteiger partial charge in [-0.25, -0.2) is 0 Å². The summed E-state index contributed by atoms with van der Waals surface area (Å²) in [5.74, 6) is 1.03. The maximum atomic E-state index is 12.5. The van der Waals surface area contributed by atoms with Gasteiger partial charge in [-0.2, -0.15) is 0 Å². The van der Waals surface area contributed by atoms with Gasteiger partial charge in [0.2, 0.25) is 0 Å². The average Bonchev–Trinajstić information content (AvgIpc) is 2.68. The van der Waals surface area contributed by atoms with Crippen LogP contribution in [0.2, 0.25) is 0 Å². The summed E-state index contributed by atoms with van der Waals surface area (Å²) in [6, 6.07) is 11.0. The standard InChI is InChI=1S/C19H17N3O3/c1-24-16-5-3-13(4-6-16)14-9-15(11-21-10-14)19(23)22-17-12-20-8-7-18(17)25-2/h3-12H,1-2H3,(H,22,23). The molecule has 0 fully saturated rings. The largest absolute Gasteiger partial charge is 0.497 e. The Hall–Kier alpha value is -3.41. The molecule has 2 aromatic heterocycles. The fourth-order valence-electron chi connectivity index (χ4n) is 2.35. The molecular formula is C19H17N3O3. The molecule has 0 saturated carbocycles. The third-order valence-electron chi connectivity index (χ3n) is 3.67. The van der Waals surface area contributed by atoms with Crippen molar-refractivity contribution in [2.45, 2.75) is 0 Å². The molecule has 1 aromatic carbocycles. The molecule has 2 heterocycles. The number of hydrogen-bond acceptors (Lipinski definition) is 5. The highest BCUT2D eigenvalue weighted by molar-refractivity contribution is 6.05. The van der Waals surface area contributed by atoms with Crippen LogP contribution >= 0.6 is 0 Å². The minimum Gasteiger partial charge on any atom is -0.497 e. The highest BCUT2D eigenvalue weighted by Gasteiger charge is 2.11. The highest BCUT2D eigenvalue weighted by atomic mass is 16.5. The summed E-state index contributed by atoms with van der Waals surface area (Å²) < 4.78 is 10.4. The molecule has 1 amide bonds. The molecule has 126 valence electrons. The number of ether oxygens (including phenoxy) is 2. The van der Waals surface area contributed by atoms with Gasteiger partial charge in [0.1, 0.15) is 17.2 Å². The normalized spacial score (nSPS) is 10.2. The Labute approximate surface area is 145 Å². The lowest BCUT2D eigenvalue weighted by atomic mass is 10.1. The number of benzene rings is 1. The number of aromatic nitrogens is 2. The first-order valence-electron chi connectivity index (χ1n) is 7.60. The minimum atomic E-state index is -0.283. The predicted octanol–water partition coefficient (Wildman–Crippen LogP) is 3.41. The van der Waals surface area contributed by atoms with E-state index in [1.54, 1.807) is 31.6 Å². The Morgan fingerprint density at radius 2 is 1.72 bits per heavy atom. The van der Waals surface area contributed by atoms with E-state index in [1.807, 2.05) is 24.3 Å². The first-order chi connectivity index (χ1) is 12.2. The van der Waals surface area contributed by atoms with Gasteiger partial charge in [0.25, 0.3) is 5.91 Å². The zero-order valence-electron chi connectivity index (χ0n) is 13.9. The second kappa shape index (κ2) is 7.44. The van der Waals surface area contributed by atoms with Crippen molar-refractivity contribution >= 4 is 11.6 Å². The number of carbonyl (C=O) groups is 1. The summed E-state index contributed by atoms with van der Waals surface area (Å²) in [6.07, 6.45) is 6.37. The Morgan fingerprint density at radius 3 is 2.44 bits per heavy atom. The van der Waals surface area contributed by atoms with Crippen molar-refractivity contribution in [1.82, 2.24) is 9.97 Å². The molecule has 0 aliphatic rings. The third-order valence-corrected chi connectivity index (χ3v) is 3.67. The summed E-state index contributed by atoms with van der Waals surface area (Å²) in [4.78, 5) is 20.7. The van der Waals surface area contributed by atoms with E-state index in [2.05, 4.69) is 15.3 Å². The van der Waals surface area contributed by atoms with Gasteiger partial charge in [0, 0.05) is 30.2 Å². The molecule has 0 atom stereocenters. The molecule has 6 heteroatoms. The van der Waals surface area contributed by atoms with Gasteiger partial charge < -0.3 is 14.8 Å². The van der Waals surface area contributed by atoms with E-state index in [-0.39, 0.29) is 5.91 Å². The topological polar surface area (TPSA) is 73.3 Å². The van der Waals surface area contributed by atoms with Crippen LogP contribution in [-0.2, 0) is 0 Å². The molecule has 0 saturated heterocycles. The van der Waals surface area contributed by atoms with Crippen LogP contribution in [0, 0.1) is 0 Å². The van der Waals surface area contributed by atoms with Crippen LogP contribution in [0.1, 0.15) is 10.4 Å². The second-order valence-corrected chi connectivity index (χ2v) is 5.22. The van der Waals surface area contributed by atoms with Crippen molar-refractivity contribution in [2.24, 2.45) is 0 Å². The van der Waals surface area contributed by atoms with Crippen LogP contribution in [0.4, 0.5) is 5.69 Å². The molecule has 25 heavy (non-hydrogen) atoms. The summed E-state index contributed by atoms with van der Waals surface area (Å²) in [6.45, 7) is 0. The number of methoxy groups -OCH3 is 2. The fraction of sp³-hybridized carbons (Fsp3) is 0.105. The van der Waals surface area contributed by atoms with Gasteiger partial charge in [-0.1, -0.05) is 12.1 Å². The van der Waals surface area contributed by atoms with Crippen LogP contribution in [0.15, 0.2) is 61.2 Å². The van der Waals surface area contributed by atoms with Gasteiger partial charge in [-0.3, -0.25) is 14.8 Å². The van der Waals surface area contributed by atoms with E-state index in [1.165, 1.54) is 19.5 Å². The molecular weight excluding hydrogens is 318 g/mol. The predicted molar refractivity (Wildman–Crippen MR) is 95.0 cm³/mol. The van der Waals surface area contributed by atoms with E-state index < -0.39 is 0 Å². The monoisotopic (exact) mass is 335 g/mol.